The van der Waals surface area contributed by atoms with Gasteiger partial charge in [0.2, 0.25) is 5.91 Å². The van der Waals surface area contributed by atoms with Gasteiger partial charge in [-0.15, -0.1) is 0 Å². The number of carbonyl (C=O) groups excluding carboxylic acids is 1. The maximum absolute atomic E-state index is 11.8. The highest BCUT2D eigenvalue weighted by atomic mass is 16.5. The molecule has 5 nitrogen and oxygen atoms in total. The smallest absolute Gasteiger partial charge is 0.234 e. The molecule has 1 aromatic carbocycles. The Morgan fingerprint density at radius 1 is 1.32 bits per heavy atom. The zero-order chi connectivity index (χ0) is 13.5. The maximum Gasteiger partial charge on any atom is 0.234 e. The number of nitrogens with one attached hydrogen (secondary N) is 1. The van der Waals surface area contributed by atoms with Gasteiger partial charge in [-0.1, -0.05) is 12.1 Å². The van der Waals surface area contributed by atoms with Crippen molar-refractivity contribution in [3.63, 3.8) is 0 Å². The van der Waals surface area contributed by atoms with E-state index < -0.39 is 0 Å². The highest BCUT2D eigenvalue weighted by molar-refractivity contribution is 5.78. The first-order chi connectivity index (χ1) is 9.28. The van der Waals surface area contributed by atoms with E-state index in [1.54, 1.807) is 12.1 Å². The van der Waals surface area contributed by atoms with Crippen LogP contribution in [0.5, 0.6) is 0 Å². The number of rotatable bonds is 4. The average molecular weight is 259 g/mol. The fourth-order valence-electron chi connectivity index (χ4n) is 1.92. The van der Waals surface area contributed by atoms with Crippen LogP contribution in [0.3, 0.4) is 0 Å². The van der Waals surface area contributed by atoms with Gasteiger partial charge in [-0.05, 0) is 17.7 Å². The van der Waals surface area contributed by atoms with Crippen molar-refractivity contribution in [1.82, 2.24) is 10.2 Å². The molecule has 0 atom stereocenters. The summed E-state index contributed by atoms with van der Waals surface area (Å²) in [4.78, 5) is 13.8. The van der Waals surface area contributed by atoms with Gasteiger partial charge in [-0.25, -0.2) is 0 Å². The monoisotopic (exact) mass is 259 g/mol. The summed E-state index contributed by atoms with van der Waals surface area (Å²) < 4.78 is 5.23. The maximum atomic E-state index is 11.8. The van der Waals surface area contributed by atoms with Crippen LogP contribution < -0.4 is 5.32 Å². The minimum Gasteiger partial charge on any atom is -0.379 e. The second kappa shape index (κ2) is 6.88. The summed E-state index contributed by atoms with van der Waals surface area (Å²) in [5, 5.41) is 11.6. The fourth-order valence-corrected chi connectivity index (χ4v) is 1.92. The van der Waals surface area contributed by atoms with E-state index in [0.29, 0.717) is 31.9 Å². The largest absolute Gasteiger partial charge is 0.379 e. The van der Waals surface area contributed by atoms with Gasteiger partial charge in [0.1, 0.15) is 0 Å². The van der Waals surface area contributed by atoms with Gasteiger partial charge < -0.3 is 10.1 Å². The molecular weight excluding hydrogens is 242 g/mol. The number of ether oxygens (including phenoxy) is 1. The van der Waals surface area contributed by atoms with Gasteiger partial charge in [-0.3, -0.25) is 9.69 Å². The molecule has 0 aromatic heterocycles. The third kappa shape index (κ3) is 4.36. The van der Waals surface area contributed by atoms with Crippen molar-refractivity contribution in [2.45, 2.75) is 6.54 Å². The van der Waals surface area contributed by atoms with E-state index in [1.165, 1.54) is 0 Å². The van der Waals surface area contributed by atoms with Crippen molar-refractivity contribution < 1.29 is 9.53 Å². The Labute approximate surface area is 112 Å². The number of amides is 1. The minimum absolute atomic E-state index is 0.0197. The van der Waals surface area contributed by atoms with Crippen molar-refractivity contribution in [3.8, 4) is 6.07 Å². The molecule has 5 heteroatoms. The van der Waals surface area contributed by atoms with E-state index in [0.717, 1.165) is 18.7 Å². The second-order valence-electron chi connectivity index (χ2n) is 4.47. The first-order valence-electron chi connectivity index (χ1n) is 6.34. The van der Waals surface area contributed by atoms with Crippen LogP contribution >= 0.6 is 0 Å². The molecule has 100 valence electrons. The fraction of sp³-hybridized carbons (Fsp3) is 0.429. The first kappa shape index (κ1) is 13.5. The molecule has 0 aliphatic carbocycles. The molecule has 1 N–H and O–H groups in total. The quantitative estimate of drug-likeness (QED) is 0.855. The Bertz CT molecular complexity index is 459. The highest BCUT2D eigenvalue weighted by Gasteiger charge is 2.13. The van der Waals surface area contributed by atoms with Crippen molar-refractivity contribution >= 4 is 5.91 Å². The molecule has 1 fully saturated rings. The van der Waals surface area contributed by atoms with Crippen molar-refractivity contribution in [3.05, 3.63) is 35.4 Å². The van der Waals surface area contributed by atoms with Crippen LogP contribution in [-0.4, -0.2) is 43.7 Å². The molecule has 1 heterocycles. The molecule has 1 amide bonds. The molecule has 1 aromatic rings. The van der Waals surface area contributed by atoms with Crippen molar-refractivity contribution in [2.75, 3.05) is 32.8 Å². The third-order valence-corrected chi connectivity index (χ3v) is 3.04. The van der Waals surface area contributed by atoms with Crippen molar-refractivity contribution in [2.24, 2.45) is 0 Å². The molecule has 0 bridgehead atoms. The van der Waals surface area contributed by atoms with E-state index >= 15 is 0 Å². The second-order valence-corrected chi connectivity index (χ2v) is 4.47. The zero-order valence-electron chi connectivity index (χ0n) is 10.8. The topological polar surface area (TPSA) is 65.4 Å². The summed E-state index contributed by atoms with van der Waals surface area (Å²) in [6.07, 6.45) is 0. The Kier molecular flexibility index (Phi) is 4.90. The van der Waals surface area contributed by atoms with Gasteiger partial charge in [0, 0.05) is 19.6 Å². The number of benzene rings is 1. The van der Waals surface area contributed by atoms with Gasteiger partial charge in [0.25, 0.3) is 0 Å². The lowest BCUT2D eigenvalue weighted by Gasteiger charge is -2.25. The minimum atomic E-state index is 0.0197. The Morgan fingerprint density at radius 3 is 2.63 bits per heavy atom. The lowest BCUT2D eigenvalue weighted by atomic mass is 10.1. The zero-order valence-corrected chi connectivity index (χ0v) is 10.8. The van der Waals surface area contributed by atoms with E-state index in [4.69, 9.17) is 10.00 Å². The molecule has 1 saturated heterocycles. The van der Waals surface area contributed by atoms with Crippen LogP contribution in [0.25, 0.3) is 0 Å². The summed E-state index contributed by atoms with van der Waals surface area (Å²) >= 11 is 0. The highest BCUT2D eigenvalue weighted by Crippen LogP contribution is 2.03. The van der Waals surface area contributed by atoms with E-state index in [9.17, 15) is 4.79 Å². The number of hydrogen-bond acceptors (Lipinski definition) is 4. The number of nitrogens with zero attached hydrogens (tertiary/aromatic N) is 2. The average Bonchev–Trinajstić information content (AvgIpc) is 2.47. The predicted octanol–water partition coefficient (Wildman–Crippen LogP) is 0.507. The Morgan fingerprint density at radius 2 is 2.00 bits per heavy atom. The van der Waals surface area contributed by atoms with E-state index in [1.807, 2.05) is 12.1 Å². The molecule has 0 saturated carbocycles. The number of morpholine rings is 1. The lowest BCUT2D eigenvalue weighted by Crippen LogP contribution is -2.43. The van der Waals surface area contributed by atoms with Gasteiger partial charge in [0.15, 0.2) is 0 Å². The van der Waals surface area contributed by atoms with Crippen LogP contribution in [0.15, 0.2) is 24.3 Å². The SMILES string of the molecule is N#Cc1ccc(CNC(=O)CN2CCOCC2)cc1. The standard InChI is InChI=1S/C14H17N3O2/c15-9-12-1-3-13(4-2-12)10-16-14(18)11-17-5-7-19-8-6-17/h1-4H,5-8,10-11H2,(H,16,18). The van der Waals surface area contributed by atoms with Crippen LogP contribution in [-0.2, 0) is 16.1 Å². The molecule has 1 aliphatic heterocycles. The van der Waals surface area contributed by atoms with Gasteiger partial charge in [-0.2, -0.15) is 5.26 Å². The summed E-state index contributed by atoms with van der Waals surface area (Å²) in [6.45, 7) is 3.93. The predicted molar refractivity (Wildman–Crippen MR) is 70.3 cm³/mol. The first-order valence-corrected chi connectivity index (χ1v) is 6.34. The third-order valence-electron chi connectivity index (χ3n) is 3.04. The van der Waals surface area contributed by atoms with Crippen LogP contribution in [0.2, 0.25) is 0 Å². The van der Waals surface area contributed by atoms with Crippen LogP contribution in [0.1, 0.15) is 11.1 Å². The van der Waals surface area contributed by atoms with Gasteiger partial charge in [0.05, 0.1) is 31.4 Å². The molecule has 2 rings (SSSR count). The summed E-state index contributed by atoms with van der Waals surface area (Å²) in [5.74, 6) is 0.0197. The summed E-state index contributed by atoms with van der Waals surface area (Å²) in [6, 6.07) is 9.28. The molecule has 1 aliphatic rings. The molecule has 19 heavy (non-hydrogen) atoms. The summed E-state index contributed by atoms with van der Waals surface area (Å²) in [7, 11) is 0. The summed E-state index contributed by atoms with van der Waals surface area (Å²) in [5.41, 5.74) is 1.62. The van der Waals surface area contributed by atoms with Crippen LogP contribution in [0.4, 0.5) is 0 Å². The Balaban J connectivity index is 1.74. The molecule has 0 spiro atoms. The molecule has 0 radical (unpaired) electrons. The molecule has 0 unspecified atom stereocenters. The van der Waals surface area contributed by atoms with Gasteiger partial charge >= 0.3 is 0 Å². The van der Waals surface area contributed by atoms with E-state index in [-0.39, 0.29) is 5.91 Å². The van der Waals surface area contributed by atoms with E-state index in [2.05, 4.69) is 16.3 Å². The number of carbonyl (C=O) groups is 1. The Hall–Kier alpha value is -1.90. The molecular formula is C14H17N3O2. The number of nitriles is 1. The lowest BCUT2D eigenvalue weighted by molar-refractivity contribution is -0.123. The number of hydrogen-bond donors (Lipinski definition) is 1. The van der Waals surface area contributed by atoms with Crippen LogP contribution in [0, 0.1) is 11.3 Å². The van der Waals surface area contributed by atoms with Crippen molar-refractivity contribution in [1.29, 1.82) is 5.26 Å². The normalized spacial score (nSPS) is 15.7.